The summed E-state index contributed by atoms with van der Waals surface area (Å²) in [7, 11) is 0. The molecule has 1 aromatic carbocycles. The molecule has 0 aliphatic heterocycles. The van der Waals surface area contributed by atoms with Crippen LogP contribution in [-0.2, 0) is 25.6 Å². The van der Waals surface area contributed by atoms with E-state index in [4.69, 9.17) is 14.2 Å². The Morgan fingerprint density at radius 2 is 1.13 bits per heavy atom. The minimum atomic E-state index is -0.515. The normalized spacial score (nSPS) is 12.8. The SMILES string of the molecule is CCCCCCCCCCCCOCC(O)CN(CCCCCC(=O)OCC(CCCCCC)CCCCCCCC)CCOCc1ccccc1. The van der Waals surface area contributed by atoms with Crippen molar-refractivity contribution in [3.8, 4) is 0 Å². The molecule has 0 aliphatic rings. The van der Waals surface area contributed by atoms with Crippen molar-refractivity contribution in [2.75, 3.05) is 46.1 Å². The van der Waals surface area contributed by atoms with Crippen molar-refractivity contribution in [1.82, 2.24) is 4.90 Å². The standard InChI is InChI=1S/C46H85NO5/c1-4-7-10-13-15-16-17-18-20-29-37-50-42-45(48)39-47(36-38-51-40-43-30-25-21-26-31-43)35-28-22-27-34-46(49)52-41-44(32-23-12-9-6-3)33-24-19-14-11-8-5-2/h21,25-26,30-31,44-45,48H,4-20,22-24,27-29,32-42H2,1-3H3. The van der Waals surface area contributed by atoms with Crippen LogP contribution in [0.3, 0.4) is 0 Å². The molecule has 2 atom stereocenters. The topological polar surface area (TPSA) is 68.2 Å². The van der Waals surface area contributed by atoms with Gasteiger partial charge < -0.3 is 19.3 Å². The van der Waals surface area contributed by atoms with Gasteiger partial charge in [-0.1, -0.05) is 180 Å². The molecule has 0 heterocycles. The first kappa shape index (κ1) is 48.5. The van der Waals surface area contributed by atoms with Crippen LogP contribution in [0.4, 0.5) is 0 Å². The zero-order chi connectivity index (χ0) is 37.6. The summed E-state index contributed by atoms with van der Waals surface area (Å²) in [4.78, 5) is 15.0. The lowest BCUT2D eigenvalue weighted by atomic mass is 9.95. The Balaban J connectivity index is 2.34. The van der Waals surface area contributed by atoms with Crippen LogP contribution >= 0.6 is 0 Å². The monoisotopic (exact) mass is 732 g/mol. The van der Waals surface area contributed by atoms with E-state index in [2.05, 4.69) is 37.8 Å². The van der Waals surface area contributed by atoms with Crippen molar-refractivity contribution in [3.63, 3.8) is 0 Å². The Bertz CT molecular complexity index is 868. The Morgan fingerprint density at radius 1 is 0.596 bits per heavy atom. The number of nitrogens with zero attached hydrogens (tertiary/aromatic N) is 1. The van der Waals surface area contributed by atoms with Gasteiger partial charge in [-0.15, -0.1) is 0 Å². The maximum atomic E-state index is 12.7. The minimum Gasteiger partial charge on any atom is -0.465 e. The lowest BCUT2D eigenvalue weighted by Crippen LogP contribution is -2.37. The average Bonchev–Trinajstić information content (AvgIpc) is 3.15. The predicted octanol–water partition coefficient (Wildman–Crippen LogP) is 12.2. The van der Waals surface area contributed by atoms with Crippen LogP contribution in [0.25, 0.3) is 0 Å². The molecule has 1 aromatic rings. The van der Waals surface area contributed by atoms with Gasteiger partial charge in [0.1, 0.15) is 0 Å². The van der Waals surface area contributed by atoms with Gasteiger partial charge in [0.15, 0.2) is 0 Å². The molecule has 6 nitrogen and oxygen atoms in total. The predicted molar refractivity (Wildman–Crippen MR) is 221 cm³/mol. The molecule has 1 N–H and O–H groups in total. The van der Waals surface area contributed by atoms with Gasteiger partial charge in [-0.2, -0.15) is 0 Å². The third kappa shape index (κ3) is 32.0. The highest BCUT2D eigenvalue weighted by atomic mass is 16.5. The highest BCUT2D eigenvalue weighted by Gasteiger charge is 2.14. The average molecular weight is 732 g/mol. The molecule has 0 aliphatic carbocycles. The fraction of sp³-hybridized carbons (Fsp3) is 0.848. The Kier molecular flexibility index (Phi) is 35.3. The van der Waals surface area contributed by atoms with E-state index in [1.165, 1.54) is 140 Å². The number of aliphatic hydroxyl groups excluding tert-OH is 1. The van der Waals surface area contributed by atoms with Gasteiger partial charge in [0.2, 0.25) is 0 Å². The number of carbonyl (C=O) groups excluding carboxylic acids is 1. The van der Waals surface area contributed by atoms with Gasteiger partial charge >= 0.3 is 5.97 Å². The van der Waals surface area contributed by atoms with Gasteiger partial charge in [0.05, 0.1) is 32.5 Å². The van der Waals surface area contributed by atoms with E-state index in [1.54, 1.807) is 0 Å². The third-order valence-electron chi connectivity index (χ3n) is 10.4. The molecular formula is C46H85NO5. The molecule has 0 spiro atoms. The number of ether oxygens (including phenoxy) is 3. The Morgan fingerprint density at radius 3 is 1.75 bits per heavy atom. The smallest absolute Gasteiger partial charge is 0.305 e. The molecule has 0 amide bonds. The molecule has 2 unspecified atom stereocenters. The van der Waals surface area contributed by atoms with Crippen molar-refractivity contribution in [2.24, 2.45) is 5.92 Å². The number of benzene rings is 1. The molecule has 52 heavy (non-hydrogen) atoms. The van der Waals surface area contributed by atoms with E-state index in [0.29, 0.717) is 45.3 Å². The third-order valence-corrected chi connectivity index (χ3v) is 10.4. The van der Waals surface area contributed by atoms with Crippen LogP contribution in [0.15, 0.2) is 30.3 Å². The van der Waals surface area contributed by atoms with Crippen molar-refractivity contribution in [2.45, 2.75) is 200 Å². The number of aliphatic hydroxyl groups is 1. The molecule has 0 saturated heterocycles. The largest absolute Gasteiger partial charge is 0.465 e. The van der Waals surface area contributed by atoms with Crippen LogP contribution < -0.4 is 0 Å². The number of hydrogen-bond donors (Lipinski definition) is 1. The van der Waals surface area contributed by atoms with Gasteiger partial charge in [-0.05, 0) is 50.1 Å². The molecule has 304 valence electrons. The van der Waals surface area contributed by atoms with Gasteiger partial charge in [0.25, 0.3) is 0 Å². The number of carbonyl (C=O) groups is 1. The Hall–Kier alpha value is -1.47. The minimum absolute atomic E-state index is 0.0392. The van der Waals surface area contributed by atoms with Crippen molar-refractivity contribution in [3.05, 3.63) is 35.9 Å². The first-order valence-corrected chi connectivity index (χ1v) is 22.3. The maximum absolute atomic E-state index is 12.7. The second-order valence-corrected chi connectivity index (χ2v) is 15.5. The second-order valence-electron chi connectivity index (χ2n) is 15.5. The number of esters is 1. The number of rotatable bonds is 40. The summed E-state index contributed by atoms with van der Waals surface area (Å²) in [6.45, 7) is 11.9. The zero-order valence-corrected chi connectivity index (χ0v) is 34.6. The number of unbranched alkanes of at least 4 members (excludes halogenated alkanes) is 19. The summed E-state index contributed by atoms with van der Waals surface area (Å²) in [5.41, 5.74) is 1.17. The molecule has 6 heteroatoms. The molecule has 1 rings (SSSR count). The van der Waals surface area contributed by atoms with E-state index in [1.807, 2.05) is 18.2 Å². The first-order chi connectivity index (χ1) is 25.6. The van der Waals surface area contributed by atoms with E-state index in [0.717, 1.165) is 45.4 Å². The van der Waals surface area contributed by atoms with Crippen molar-refractivity contribution in [1.29, 1.82) is 0 Å². The summed E-state index contributed by atoms with van der Waals surface area (Å²) < 4.78 is 17.7. The van der Waals surface area contributed by atoms with Gasteiger partial charge in [0, 0.05) is 26.1 Å². The summed E-state index contributed by atoms with van der Waals surface area (Å²) in [6, 6.07) is 10.3. The van der Waals surface area contributed by atoms with Crippen LogP contribution in [-0.4, -0.2) is 68.1 Å². The quantitative estimate of drug-likeness (QED) is 0.0535. The van der Waals surface area contributed by atoms with Crippen LogP contribution in [0, 0.1) is 5.92 Å². The van der Waals surface area contributed by atoms with Gasteiger partial charge in [-0.3, -0.25) is 9.69 Å². The van der Waals surface area contributed by atoms with Crippen molar-refractivity contribution >= 4 is 5.97 Å². The van der Waals surface area contributed by atoms with Crippen LogP contribution in [0.2, 0.25) is 0 Å². The summed E-state index contributed by atoms with van der Waals surface area (Å²) in [5, 5.41) is 10.8. The highest BCUT2D eigenvalue weighted by molar-refractivity contribution is 5.69. The van der Waals surface area contributed by atoms with E-state index in [-0.39, 0.29) is 5.97 Å². The zero-order valence-electron chi connectivity index (χ0n) is 34.6. The fourth-order valence-corrected chi connectivity index (χ4v) is 6.96. The molecular weight excluding hydrogens is 647 g/mol. The molecule has 0 radical (unpaired) electrons. The summed E-state index contributed by atoms with van der Waals surface area (Å²) in [5.74, 6) is 0.470. The molecule has 0 saturated carbocycles. The molecule has 0 fully saturated rings. The molecule has 0 bridgehead atoms. The maximum Gasteiger partial charge on any atom is 0.305 e. The number of hydrogen-bond acceptors (Lipinski definition) is 6. The second kappa shape index (κ2) is 37.8. The van der Waals surface area contributed by atoms with Gasteiger partial charge in [-0.25, -0.2) is 0 Å². The van der Waals surface area contributed by atoms with Crippen LogP contribution in [0.1, 0.15) is 193 Å². The lowest BCUT2D eigenvalue weighted by Gasteiger charge is -2.25. The summed E-state index contributed by atoms with van der Waals surface area (Å²) in [6.07, 6.45) is 31.2. The molecule has 0 aromatic heterocycles. The summed E-state index contributed by atoms with van der Waals surface area (Å²) >= 11 is 0. The first-order valence-electron chi connectivity index (χ1n) is 22.3. The van der Waals surface area contributed by atoms with Crippen LogP contribution in [0.5, 0.6) is 0 Å². The Labute approximate surface area is 322 Å². The van der Waals surface area contributed by atoms with E-state index < -0.39 is 6.10 Å². The highest BCUT2D eigenvalue weighted by Crippen LogP contribution is 2.20. The van der Waals surface area contributed by atoms with E-state index >= 15 is 0 Å². The fourth-order valence-electron chi connectivity index (χ4n) is 6.96. The van der Waals surface area contributed by atoms with E-state index in [9.17, 15) is 9.90 Å². The lowest BCUT2D eigenvalue weighted by molar-refractivity contribution is -0.145. The van der Waals surface area contributed by atoms with Crippen molar-refractivity contribution < 1.29 is 24.1 Å².